The fourth-order valence-electron chi connectivity index (χ4n) is 3.84. The summed E-state index contributed by atoms with van der Waals surface area (Å²) >= 11 is 0. The van der Waals surface area contributed by atoms with Crippen LogP contribution in [0.2, 0.25) is 0 Å². The number of carbonyl (C=O) groups is 1. The number of fused-ring (bicyclic) bond motifs is 1. The van der Waals surface area contributed by atoms with Crippen molar-refractivity contribution in [2.45, 2.75) is 32.2 Å². The lowest BCUT2D eigenvalue weighted by molar-refractivity contribution is -0.132. The van der Waals surface area contributed by atoms with Crippen LogP contribution in [0.3, 0.4) is 0 Å². The van der Waals surface area contributed by atoms with E-state index >= 15 is 0 Å². The van der Waals surface area contributed by atoms with Gasteiger partial charge in [-0.25, -0.2) is 0 Å². The highest BCUT2D eigenvalue weighted by atomic mass is 16.2. The zero-order valence-electron chi connectivity index (χ0n) is 14.7. The molecular weight excluding hydrogens is 314 g/mol. The van der Waals surface area contributed by atoms with Gasteiger partial charge in [0.15, 0.2) is 0 Å². The Balaban J connectivity index is 1.44. The quantitative estimate of drug-likeness (QED) is 0.738. The van der Waals surface area contributed by atoms with E-state index in [1.165, 1.54) is 5.39 Å². The lowest BCUT2D eigenvalue weighted by Gasteiger charge is -2.31. The molecule has 1 aliphatic rings. The van der Waals surface area contributed by atoms with Gasteiger partial charge in [-0.2, -0.15) is 0 Å². The van der Waals surface area contributed by atoms with Crippen LogP contribution in [0, 0.1) is 6.92 Å². The Hall–Kier alpha value is -2.63. The number of likely N-dealkylation sites (tertiary alicyclic amines) is 1. The van der Waals surface area contributed by atoms with Crippen molar-refractivity contribution in [2.75, 3.05) is 13.1 Å². The first kappa shape index (κ1) is 15.9. The molecule has 25 heavy (non-hydrogen) atoms. The molecule has 1 saturated heterocycles. The Bertz CT molecular complexity index is 902. The number of nitrogens with zero attached hydrogens (tertiary/aromatic N) is 5. The number of amides is 1. The monoisotopic (exact) mass is 337 g/mol. The average Bonchev–Trinajstić information content (AvgIpc) is 3.19. The van der Waals surface area contributed by atoms with E-state index < -0.39 is 0 Å². The summed E-state index contributed by atoms with van der Waals surface area (Å²) in [6, 6.07) is 10.4. The maximum absolute atomic E-state index is 12.8. The molecule has 130 valence electrons. The van der Waals surface area contributed by atoms with Crippen molar-refractivity contribution in [2.24, 2.45) is 7.05 Å². The van der Waals surface area contributed by atoms with E-state index in [0.717, 1.165) is 43.0 Å². The molecule has 0 N–H and O–H groups in total. The van der Waals surface area contributed by atoms with Gasteiger partial charge in [0, 0.05) is 37.3 Å². The minimum atomic E-state index is 0.195. The van der Waals surface area contributed by atoms with Crippen molar-refractivity contribution in [1.82, 2.24) is 24.2 Å². The van der Waals surface area contributed by atoms with Crippen LogP contribution < -0.4 is 0 Å². The zero-order chi connectivity index (χ0) is 17.4. The largest absolute Gasteiger partial charge is 0.341 e. The smallest absolute Gasteiger partial charge is 0.242 e. The molecule has 3 heterocycles. The maximum Gasteiger partial charge on any atom is 0.242 e. The third-order valence-corrected chi connectivity index (χ3v) is 5.27. The summed E-state index contributed by atoms with van der Waals surface area (Å²) in [5.74, 6) is 1.62. The Labute approximate surface area is 147 Å². The molecule has 0 unspecified atom stereocenters. The van der Waals surface area contributed by atoms with Crippen LogP contribution in [-0.4, -0.2) is 43.2 Å². The molecule has 1 amide bonds. The molecule has 6 nitrogen and oxygen atoms in total. The van der Waals surface area contributed by atoms with Gasteiger partial charge >= 0.3 is 0 Å². The standard InChI is InChI=1S/C19H23N5O/c1-14-11-16-5-3-4-6-17(16)24(14)12-18(25)23-9-7-15(8-10-23)19-21-20-13-22(19)2/h3-6,11,13,15H,7-10,12H2,1-2H3. The summed E-state index contributed by atoms with van der Waals surface area (Å²) in [7, 11) is 1.98. The number of hydrogen-bond acceptors (Lipinski definition) is 3. The number of rotatable bonds is 3. The molecule has 1 fully saturated rings. The number of carbonyl (C=O) groups excluding carboxylic acids is 1. The molecule has 1 aliphatic heterocycles. The highest BCUT2D eigenvalue weighted by Gasteiger charge is 2.26. The van der Waals surface area contributed by atoms with Crippen LogP contribution >= 0.6 is 0 Å². The summed E-state index contributed by atoms with van der Waals surface area (Å²) in [6.07, 6.45) is 3.64. The van der Waals surface area contributed by atoms with Crippen molar-refractivity contribution in [1.29, 1.82) is 0 Å². The molecule has 1 aromatic carbocycles. The van der Waals surface area contributed by atoms with E-state index in [2.05, 4.69) is 39.9 Å². The van der Waals surface area contributed by atoms with E-state index in [1.54, 1.807) is 6.33 Å². The van der Waals surface area contributed by atoms with Gasteiger partial charge in [0.05, 0.1) is 0 Å². The van der Waals surface area contributed by atoms with Crippen LogP contribution in [0.5, 0.6) is 0 Å². The SMILES string of the molecule is Cc1cc2ccccc2n1CC(=O)N1CCC(c2nncn2C)CC1. The predicted octanol–water partition coefficient (Wildman–Crippen LogP) is 2.48. The predicted molar refractivity (Wildman–Crippen MR) is 96.2 cm³/mol. The molecule has 0 radical (unpaired) electrons. The normalized spacial score (nSPS) is 15.8. The Morgan fingerprint density at radius 3 is 2.72 bits per heavy atom. The highest BCUT2D eigenvalue weighted by Crippen LogP contribution is 2.26. The fourth-order valence-corrected chi connectivity index (χ4v) is 3.84. The molecule has 0 spiro atoms. The van der Waals surface area contributed by atoms with Crippen LogP contribution in [0.4, 0.5) is 0 Å². The first-order chi connectivity index (χ1) is 12.1. The highest BCUT2D eigenvalue weighted by molar-refractivity contribution is 5.84. The molecular formula is C19H23N5O. The number of benzene rings is 1. The second-order valence-electron chi connectivity index (χ2n) is 6.89. The van der Waals surface area contributed by atoms with Crippen LogP contribution in [0.15, 0.2) is 36.7 Å². The number of aromatic nitrogens is 4. The van der Waals surface area contributed by atoms with Crippen molar-refractivity contribution in [3.05, 3.63) is 48.2 Å². The zero-order valence-corrected chi connectivity index (χ0v) is 14.7. The Kier molecular flexibility index (Phi) is 4.03. The average molecular weight is 337 g/mol. The molecule has 3 aromatic rings. The van der Waals surface area contributed by atoms with E-state index in [9.17, 15) is 4.79 Å². The topological polar surface area (TPSA) is 56.0 Å². The van der Waals surface area contributed by atoms with Gasteiger partial charge in [-0.05, 0) is 37.3 Å². The summed E-state index contributed by atoms with van der Waals surface area (Å²) < 4.78 is 4.10. The van der Waals surface area contributed by atoms with E-state index in [4.69, 9.17) is 0 Å². The third kappa shape index (κ3) is 2.92. The first-order valence-electron chi connectivity index (χ1n) is 8.80. The first-order valence-corrected chi connectivity index (χ1v) is 8.80. The van der Waals surface area contributed by atoms with Crippen molar-refractivity contribution >= 4 is 16.8 Å². The van der Waals surface area contributed by atoms with E-state index in [-0.39, 0.29) is 5.91 Å². The van der Waals surface area contributed by atoms with Crippen LogP contribution in [-0.2, 0) is 18.4 Å². The summed E-state index contributed by atoms with van der Waals surface area (Å²) in [5, 5.41) is 9.38. The molecule has 0 bridgehead atoms. The molecule has 0 saturated carbocycles. The van der Waals surface area contributed by atoms with E-state index in [1.807, 2.05) is 28.6 Å². The number of piperidine rings is 1. The number of hydrogen-bond donors (Lipinski definition) is 0. The van der Waals surface area contributed by atoms with Gasteiger partial charge in [0.1, 0.15) is 18.7 Å². The Morgan fingerprint density at radius 2 is 2.00 bits per heavy atom. The summed E-state index contributed by atoms with van der Waals surface area (Å²) in [6.45, 7) is 4.05. The number of para-hydroxylation sites is 1. The fraction of sp³-hybridized carbons (Fsp3) is 0.421. The molecule has 6 heteroatoms. The molecule has 0 atom stereocenters. The van der Waals surface area contributed by atoms with Crippen molar-refractivity contribution in [3.8, 4) is 0 Å². The summed E-state index contributed by atoms with van der Waals surface area (Å²) in [5.41, 5.74) is 2.26. The minimum Gasteiger partial charge on any atom is -0.341 e. The second-order valence-corrected chi connectivity index (χ2v) is 6.89. The van der Waals surface area contributed by atoms with E-state index in [0.29, 0.717) is 12.5 Å². The minimum absolute atomic E-state index is 0.195. The van der Waals surface area contributed by atoms with Crippen molar-refractivity contribution in [3.63, 3.8) is 0 Å². The third-order valence-electron chi connectivity index (χ3n) is 5.27. The van der Waals surface area contributed by atoms with Crippen LogP contribution in [0.25, 0.3) is 10.9 Å². The van der Waals surface area contributed by atoms with Gasteiger partial charge in [-0.1, -0.05) is 18.2 Å². The van der Waals surface area contributed by atoms with Crippen LogP contribution in [0.1, 0.15) is 30.3 Å². The van der Waals surface area contributed by atoms with Crippen molar-refractivity contribution < 1.29 is 4.79 Å². The number of aryl methyl sites for hydroxylation is 2. The van der Waals surface area contributed by atoms with Gasteiger partial charge in [-0.15, -0.1) is 10.2 Å². The maximum atomic E-state index is 12.8. The van der Waals surface area contributed by atoms with Gasteiger partial charge in [0.2, 0.25) is 5.91 Å². The second kappa shape index (κ2) is 6.35. The van der Waals surface area contributed by atoms with Gasteiger partial charge < -0.3 is 14.0 Å². The molecule has 4 rings (SSSR count). The lowest BCUT2D eigenvalue weighted by Crippen LogP contribution is -2.40. The van der Waals surface area contributed by atoms with Gasteiger partial charge in [0.25, 0.3) is 0 Å². The summed E-state index contributed by atoms with van der Waals surface area (Å²) in [4.78, 5) is 14.8. The Morgan fingerprint density at radius 1 is 1.24 bits per heavy atom. The molecule has 2 aromatic heterocycles. The lowest BCUT2D eigenvalue weighted by atomic mass is 9.96. The van der Waals surface area contributed by atoms with Gasteiger partial charge in [-0.3, -0.25) is 4.79 Å². The molecule has 0 aliphatic carbocycles.